The summed E-state index contributed by atoms with van der Waals surface area (Å²) in [6.07, 6.45) is 0. The first kappa shape index (κ1) is 15.6. The lowest BCUT2D eigenvalue weighted by Gasteiger charge is -2.15. The van der Waals surface area contributed by atoms with Crippen LogP contribution in [0.1, 0.15) is 33.4 Å². The second kappa shape index (κ2) is 6.77. The maximum absolute atomic E-state index is 6.10. The molecule has 2 heteroatoms. The van der Waals surface area contributed by atoms with Crippen molar-refractivity contribution in [2.24, 2.45) is 0 Å². The van der Waals surface area contributed by atoms with Gasteiger partial charge in [0.25, 0.3) is 0 Å². The molecule has 0 radical (unpaired) electrons. The summed E-state index contributed by atoms with van der Waals surface area (Å²) in [5.74, 6) is 1.01. The molecule has 0 aromatic heterocycles. The Hall–Kier alpha value is -1.80. The zero-order valence-corrected chi connectivity index (χ0v) is 13.7. The number of benzene rings is 2. The summed E-state index contributed by atoms with van der Waals surface area (Å²) in [7, 11) is 1.97. The first-order valence-corrected chi connectivity index (χ1v) is 7.45. The number of ether oxygens (including phenoxy) is 1. The van der Waals surface area contributed by atoms with E-state index >= 15 is 0 Å². The van der Waals surface area contributed by atoms with Gasteiger partial charge in [0.1, 0.15) is 12.4 Å². The van der Waals surface area contributed by atoms with E-state index in [0.717, 1.165) is 12.3 Å². The van der Waals surface area contributed by atoms with Crippen molar-refractivity contribution < 1.29 is 4.74 Å². The fourth-order valence-corrected chi connectivity index (χ4v) is 2.68. The van der Waals surface area contributed by atoms with Crippen molar-refractivity contribution in [3.8, 4) is 5.75 Å². The van der Waals surface area contributed by atoms with E-state index in [-0.39, 0.29) is 0 Å². The minimum atomic E-state index is 0.626. The SMILES string of the molecule is CNCc1cc(C)c(OCc2cc(C)ccc2C)c(C)c1. The Morgan fingerprint density at radius 3 is 2.19 bits per heavy atom. The topological polar surface area (TPSA) is 21.3 Å². The highest BCUT2D eigenvalue weighted by Crippen LogP contribution is 2.26. The van der Waals surface area contributed by atoms with Crippen LogP contribution >= 0.6 is 0 Å². The highest BCUT2D eigenvalue weighted by molar-refractivity contribution is 5.43. The fourth-order valence-electron chi connectivity index (χ4n) is 2.68. The predicted octanol–water partition coefficient (Wildman–Crippen LogP) is 4.22. The van der Waals surface area contributed by atoms with E-state index in [9.17, 15) is 0 Å². The van der Waals surface area contributed by atoms with E-state index in [2.05, 4.69) is 63.3 Å². The van der Waals surface area contributed by atoms with Crippen molar-refractivity contribution in [3.63, 3.8) is 0 Å². The van der Waals surface area contributed by atoms with Crippen LogP contribution in [0.3, 0.4) is 0 Å². The number of rotatable bonds is 5. The number of aryl methyl sites for hydroxylation is 4. The van der Waals surface area contributed by atoms with Crippen LogP contribution in [-0.4, -0.2) is 7.05 Å². The normalized spacial score (nSPS) is 10.7. The van der Waals surface area contributed by atoms with Crippen LogP contribution in [0.4, 0.5) is 0 Å². The van der Waals surface area contributed by atoms with E-state index in [1.54, 1.807) is 0 Å². The van der Waals surface area contributed by atoms with Crippen molar-refractivity contribution in [1.82, 2.24) is 5.32 Å². The minimum Gasteiger partial charge on any atom is -0.488 e. The maximum Gasteiger partial charge on any atom is 0.125 e. The Balaban J connectivity index is 2.18. The molecule has 0 fully saturated rings. The van der Waals surface area contributed by atoms with Crippen LogP contribution in [0.5, 0.6) is 5.75 Å². The van der Waals surface area contributed by atoms with Crippen LogP contribution in [0.25, 0.3) is 0 Å². The Morgan fingerprint density at radius 2 is 1.57 bits per heavy atom. The van der Waals surface area contributed by atoms with Gasteiger partial charge in [-0.25, -0.2) is 0 Å². The van der Waals surface area contributed by atoms with Gasteiger partial charge in [0.2, 0.25) is 0 Å². The molecule has 0 spiro atoms. The summed E-state index contributed by atoms with van der Waals surface area (Å²) >= 11 is 0. The minimum absolute atomic E-state index is 0.626. The molecule has 0 unspecified atom stereocenters. The van der Waals surface area contributed by atoms with E-state index < -0.39 is 0 Å². The van der Waals surface area contributed by atoms with Crippen molar-refractivity contribution in [1.29, 1.82) is 0 Å². The number of nitrogens with one attached hydrogen (secondary N) is 1. The lowest BCUT2D eigenvalue weighted by atomic mass is 10.0. The molecule has 0 bridgehead atoms. The maximum atomic E-state index is 6.10. The van der Waals surface area contributed by atoms with Crippen LogP contribution in [0.15, 0.2) is 30.3 Å². The third-order valence-corrected chi connectivity index (χ3v) is 3.78. The molecular formula is C19H25NO. The van der Waals surface area contributed by atoms with Gasteiger partial charge in [0.15, 0.2) is 0 Å². The van der Waals surface area contributed by atoms with Gasteiger partial charge in [0, 0.05) is 6.54 Å². The number of hydrogen-bond donors (Lipinski definition) is 1. The van der Waals surface area contributed by atoms with Gasteiger partial charge in [-0.05, 0) is 62.6 Å². The molecule has 0 aliphatic rings. The average Bonchev–Trinajstić information content (AvgIpc) is 2.42. The second-order valence-corrected chi connectivity index (χ2v) is 5.81. The van der Waals surface area contributed by atoms with E-state index in [1.165, 1.54) is 33.4 Å². The molecule has 0 heterocycles. The summed E-state index contributed by atoms with van der Waals surface area (Å²) in [5, 5.41) is 3.19. The fraction of sp³-hybridized carbons (Fsp3) is 0.368. The van der Waals surface area contributed by atoms with Gasteiger partial charge in [-0.1, -0.05) is 35.9 Å². The smallest absolute Gasteiger partial charge is 0.125 e. The van der Waals surface area contributed by atoms with Crippen molar-refractivity contribution in [2.75, 3.05) is 7.05 Å². The standard InChI is InChI=1S/C19H25NO/c1-13-6-7-14(2)18(8-13)12-21-19-15(3)9-17(11-20-5)10-16(19)4/h6-10,20H,11-12H2,1-5H3. The molecule has 2 nitrogen and oxygen atoms in total. The van der Waals surface area contributed by atoms with Gasteiger partial charge in [-0.2, -0.15) is 0 Å². The highest BCUT2D eigenvalue weighted by Gasteiger charge is 2.08. The molecule has 2 rings (SSSR count). The molecule has 0 saturated heterocycles. The molecule has 2 aromatic carbocycles. The molecule has 0 amide bonds. The molecule has 2 aromatic rings. The lowest BCUT2D eigenvalue weighted by molar-refractivity contribution is 0.301. The summed E-state index contributed by atoms with van der Waals surface area (Å²) in [4.78, 5) is 0. The van der Waals surface area contributed by atoms with Crippen LogP contribution in [-0.2, 0) is 13.2 Å². The summed E-state index contributed by atoms with van der Waals surface area (Å²) in [5.41, 5.74) is 7.51. The lowest BCUT2D eigenvalue weighted by Crippen LogP contribution is -2.07. The number of hydrogen-bond acceptors (Lipinski definition) is 2. The molecule has 112 valence electrons. The third-order valence-electron chi connectivity index (χ3n) is 3.78. The van der Waals surface area contributed by atoms with Crippen LogP contribution < -0.4 is 10.1 Å². The van der Waals surface area contributed by atoms with Gasteiger partial charge in [0.05, 0.1) is 0 Å². The summed E-state index contributed by atoms with van der Waals surface area (Å²) < 4.78 is 6.10. The Morgan fingerprint density at radius 1 is 0.905 bits per heavy atom. The first-order valence-electron chi connectivity index (χ1n) is 7.45. The molecule has 0 aliphatic carbocycles. The molecule has 0 atom stereocenters. The molecule has 0 aliphatic heterocycles. The zero-order valence-electron chi connectivity index (χ0n) is 13.7. The molecule has 1 N–H and O–H groups in total. The van der Waals surface area contributed by atoms with Gasteiger partial charge >= 0.3 is 0 Å². The summed E-state index contributed by atoms with van der Waals surface area (Å²) in [6, 6.07) is 10.9. The zero-order chi connectivity index (χ0) is 15.4. The molecule has 0 saturated carbocycles. The third kappa shape index (κ3) is 3.85. The monoisotopic (exact) mass is 283 g/mol. The van der Waals surface area contributed by atoms with Gasteiger partial charge in [-0.3, -0.25) is 0 Å². The van der Waals surface area contributed by atoms with Crippen molar-refractivity contribution >= 4 is 0 Å². The quantitative estimate of drug-likeness (QED) is 0.887. The Bertz CT molecular complexity index is 608. The molecule has 21 heavy (non-hydrogen) atoms. The largest absolute Gasteiger partial charge is 0.488 e. The van der Waals surface area contributed by atoms with Crippen molar-refractivity contribution in [2.45, 2.75) is 40.8 Å². The van der Waals surface area contributed by atoms with Crippen LogP contribution in [0, 0.1) is 27.7 Å². The van der Waals surface area contributed by atoms with Crippen LogP contribution in [0.2, 0.25) is 0 Å². The highest BCUT2D eigenvalue weighted by atomic mass is 16.5. The summed E-state index contributed by atoms with van der Waals surface area (Å²) in [6.45, 7) is 9.99. The Kier molecular flexibility index (Phi) is 5.03. The average molecular weight is 283 g/mol. The predicted molar refractivity (Wildman–Crippen MR) is 88.9 cm³/mol. The first-order chi connectivity index (χ1) is 10.0. The van der Waals surface area contributed by atoms with Gasteiger partial charge < -0.3 is 10.1 Å². The van der Waals surface area contributed by atoms with Crippen molar-refractivity contribution in [3.05, 3.63) is 63.7 Å². The van der Waals surface area contributed by atoms with E-state index in [1.807, 2.05) is 7.05 Å². The Labute approximate surface area is 128 Å². The molecular weight excluding hydrogens is 258 g/mol. The second-order valence-electron chi connectivity index (χ2n) is 5.81. The van der Waals surface area contributed by atoms with E-state index in [0.29, 0.717) is 6.61 Å². The van der Waals surface area contributed by atoms with Gasteiger partial charge in [-0.15, -0.1) is 0 Å². The van der Waals surface area contributed by atoms with E-state index in [4.69, 9.17) is 4.74 Å².